The summed E-state index contributed by atoms with van der Waals surface area (Å²) < 4.78 is 40.3. The maximum Gasteiger partial charge on any atom is 0.243 e. The summed E-state index contributed by atoms with van der Waals surface area (Å²) in [5.41, 5.74) is 4.22. The van der Waals surface area contributed by atoms with Gasteiger partial charge in [0, 0.05) is 0 Å². The van der Waals surface area contributed by atoms with E-state index < -0.39 is 27.1 Å². The van der Waals surface area contributed by atoms with Gasteiger partial charge in [-0.15, -0.1) is 0 Å². The van der Waals surface area contributed by atoms with E-state index in [0.29, 0.717) is 12.8 Å². The molecule has 1 aromatic carbocycles. The van der Waals surface area contributed by atoms with Crippen molar-refractivity contribution in [2.45, 2.75) is 36.1 Å². The van der Waals surface area contributed by atoms with Crippen LogP contribution in [0.25, 0.3) is 0 Å². The molecule has 1 aliphatic carbocycles. The second-order valence-corrected chi connectivity index (χ2v) is 6.55. The highest BCUT2D eigenvalue weighted by atomic mass is 32.2. The summed E-state index contributed by atoms with van der Waals surface area (Å²) in [5.74, 6) is -0.771. The lowest BCUT2D eigenvalue weighted by Crippen LogP contribution is -2.49. The monoisotopic (exact) mass is 288 g/mol. The van der Waals surface area contributed by atoms with Crippen molar-refractivity contribution in [1.29, 1.82) is 0 Å². The van der Waals surface area contributed by atoms with Crippen molar-refractivity contribution in [3.8, 4) is 0 Å². The Kier molecular flexibility index (Phi) is 3.80. The summed E-state index contributed by atoms with van der Waals surface area (Å²) in [6.07, 6.45) is 2.83. The Labute approximate surface area is 111 Å². The Bertz CT molecular complexity index is 568. The van der Waals surface area contributed by atoms with E-state index in [9.17, 15) is 17.9 Å². The average Bonchev–Trinajstić information content (AvgIpc) is 2.81. The van der Waals surface area contributed by atoms with E-state index in [2.05, 4.69) is 4.72 Å². The molecule has 0 atom stereocenters. The number of para-hydroxylation sites is 1. The zero-order valence-electron chi connectivity index (χ0n) is 10.4. The fraction of sp³-hybridized carbons (Fsp3) is 0.500. The lowest BCUT2D eigenvalue weighted by Gasteiger charge is -2.27. The standard InChI is InChI=1S/C12H17FN2O3S/c13-9-4-3-5-10(11(9)14)19(17,18)15-12(8-16)6-1-2-7-12/h3-5,15-16H,1-2,6-8,14H2. The minimum atomic E-state index is -3.94. The van der Waals surface area contributed by atoms with Crippen LogP contribution in [-0.2, 0) is 10.0 Å². The number of nitrogens with one attached hydrogen (secondary N) is 1. The van der Waals surface area contributed by atoms with Gasteiger partial charge in [-0.1, -0.05) is 18.9 Å². The van der Waals surface area contributed by atoms with Crippen LogP contribution in [0.5, 0.6) is 0 Å². The van der Waals surface area contributed by atoms with Crippen LogP contribution in [-0.4, -0.2) is 25.7 Å². The van der Waals surface area contributed by atoms with Crippen molar-refractivity contribution in [2.75, 3.05) is 12.3 Å². The van der Waals surface area contributed by atoms with Crippen molar-refractivity contribution in [2.24, 2.45) is 0 Å². The molecule has 19 heavy (non-hydrogen) atoms. The van der Waals surface area contributed by atoms with E-state index >= 15 is 0 Å². The first kappa shape index (κ1) is 14.2. The van der Waals surface area contributed by atoms with E-state index in [4.69, 9.17) is 5.73 Å². The molecule has 0 amide bonds. The number of nitrogen functional groups attached to an aromatic ring is 1. The molecule has 4 N–H and O–H groups in total. The first-order valence-corrected chi connectivity index (χ1v) is 7.57. The topological polar surface area (TPSA) is 92.4 Å². The van der Waals surface area contributed by atoms with Crippen molar-refractivity contribution in [1.82, 2.24) is 4.72 Å². The molecule has 0 spiro atoms. The van der Waals surface area contributed by atoms with Gasteiger partial charge in [0.05, 0.1) is 17.8 Å². The molecule has 1 saturated carbocycles. The van der Waals surface area contributed by atoms with Crippen LogP contribution in [0.1, 0.15) is 25.7 Å². The molecule has 0 unspecified atom stereocenters. The summed E-state index contributed by atoms with van der Waals surface area (Å²) in [4.78, 5) is -0.285. The quantitative estimate of drug-likeness (QED) is 0.720. The number of anilines is 1. The Morgan fingerprint density at radius 3 is 2.58 bits per heavy atom. The van der Waals surface area contributed by atoms with Gasteiger partial charge in [-0.3, -0.25) is 0 Å². The summed E-state index contributed by atoms with van der Waals surface area (Å²) in [7, 11) is -3.94. The maximum atomic E-state index is 13.3. The fourth-order valence-electron chi connectivity index (χ4n) is 2.44. The van der Waals surface area contributed by atoms with Gasteiger partial charge in [-0.25, -0.2) is 17.5 Å². The second kappa shape index (κ2) is 5.07. The normalized spacial score (nSPS) is 18.6. The first-order chi connectivity index (χ1) is 8.90. The smallest absolute Gasteiger partial charge is 0.243 e. The zero-order valence-corrected chi connectivity index (χ0v) is 11.2. The van der Waals surface area contributed by atoms with Crippen molar-refractivity contribution in [3.63, 3.8) is 0 Å². The Hall–Kier alpha value is -1.18. The number of hydrogen-bond donors (Lipinski definition) is 3. The molecule has 0 heterocycles. The summed E-state index contributed by atoms with van der Waals surface area (Å²) >= 11 is 0. The molecular weight excluding hydrogens is 271 g/mol. The minimum Gasteiger partial charge on any atom is -0.395 e. The number of benzene rings is 1. The third-order valence-electron chi connectivity index (χ3n) is 3.52. The van der Waals surface area contributed by atoms with Gasteiger partial charge in [0.25, 0.3) is 0 Å². The molecule has 1 aliphatic rings. The molecule has 7 heteroatoms. The van der Waals surface area contributed by atoms with E-state index in [1.54, 1.807) is 0 Å². The number of nitrogens with two attached hydrogens (primary N) is 1. The Morgan fingerprint density at radius 1 is 1.37 bits per heavy atom. The predicted molar refractivity (Wildman–Crippen MR) is 69.4 cm³/mol. The van der Waals surface area contributed by atoms with Gasteiger partial charge in [0.15, 0.2) is 0 Å². The van der Waals surface area contributed by atoms with E-state index in [0.717, 1.165) is 18.9 Å². The van der Waals surface area contributed by atoms with Gasteiger partial charge in [0.1, 0.15) is 10.7 Å². The Morgan fingerprint density at radius 2 is 2.00 bits per heavy atom. The van der Waals surface area contributed by atoms with Crippen molar-refractivity contribution >= 4 is 15.7 Å². The average molecular weight is 288 g/mol. The van der Waals surface area contributed by atoms with Gasteiger partial charge in [-0.05, 0) is 25.0 Å². The summed E-state index contributed by atoms with van der Waals surface area (Å²) in [6, 6.07) is 3.65. The van der Waals surface area contributed by atoms with Crippen LogP contribution >= 0.6 is 0 Å². The van der Waals surface area contributed by atoms with Gasteiger partial charge < -0.3 is 10.8 Å². The Balaban J connectivity index is 2.35. The van der Waals surface area contributed by atoms with Crippen LogP contribution in [0.2, 0.25) is 0 Å². The lowest BCUT2D eigenvalue weighted by molar-refractivity contribution is 0.185. The highest BCUT2D eigenvalue weighted by molar-refractivity contribution is 7.89. The number of sulfonamides is 1. The number of aliphatic hydroxyl groups is 1. The van der Waals surface area contributed by atoms with E-state index in [1.165, 1.54) is 12.1 Å². The third kappa shape index (κ3) is 2.72. The maximum absolute atomic E-state index is 13.3. The second-order valence-electron chi connectivity index (χ2n) is 4.90. The molecule has 0 aliphatic heterocycles. The van der Waals surface area contributed by atoms with Gasteiger partial charge in [-0.2, -0.15) is 0 Å². The van der Waals surface area contributed by atoms with Crippen LogP contribution < -0.4 is 10.5 Å². The number of halogens is 1. The summed E-state index contributed by atoms with van der Waals surface area (Å²) in [5, 5.41) is 9.42. The highest BCUT2D eigenvalue weighted by Crippen LogP contribution is 2.32. The van der Waals surface area contributed by atoms with E-state index in [-0.39, 0.29) is 11.5 Å². The molecule has 0 saturated heterocycles. The van der Waals surface area contributed by atoms with E-state index in [1.807, 2.05) is 0 Å². The highest BCUT2D eigenvalue weighted by Gasteiger charge is 2.38. The predicted octanol–water partition coefficient (Wildman–Crippen LogP) is 0.991. The molecular formula is C12H17FN2O3S. The molecule has 0 bridgehead atoms. The fourth-order valence-corrected chi connectivity index (χ4v) is 4.03. The third-order valence-corrected chi connectivity index (χ3v) is 5.15. The van der Waals surface area contributed by atoms with Gasteiger partial charge >= 0.3 is 0 Å². The van der Waals surface area contributed by atoms with Crippen LogP contribution in [0, 0.1) is 5.82 Å². The number of rotatable bonds is 4. The number of hydrogen-bond acceptors (Lipinski definition) is 4. The first-order valence-electron chi connectivity index (χ1n) is 6.09. The summed E-state index contributed by atoms with van der Waals surface area (Å²) in [6.45, 7) is -0.276. The minimum absolute atomic E-state index is 0.276. The lowest BCUT2D eigenvalue weighted by atomic mass is 10.0. The van der Waals surface area contributed by atoms with Crippen molar-refractivity contribution < 1.29 is 17.9 Å². The van der Waals surface area contributed by atoms with Crippen LogP contribution in [0.3, 0.4) is 0 Å². The molecule has 5 nitrogen and oxygen atoms in total. The molecule has 1 aromatic rings. The number of aliphatic hydroxyl groups excluding tert-OH is 1. The zero-order chi connectivity index (χ0) is 14.1. The molecule has 1 fully saturated rings. The SMILES string of the molecule is Nc1c(F)cccc1S(=O)(=O)NC1(CO)CCCC1. The van der Waals surface area contributed by atoms with Gasteiger partial charge in [0.2, 0.25) is 10.0 Å². The molecule has 0 aromatic heterocycles. The molecule has 0 radical (unpaired) electrons. The van der Waals surface area contributed by atoms with Crippen LogP contribution in [0.15, 0.2) is 23.1 Å². The van der Waals surface area contributed by atoms with Crippen molar-refractivity contribution in [3.05, 3.63) is 24.0 Å². The molecule has 106 valence electrons. The molecule has 2 rings (SSSR count). The largest absolute Gasteiger partial charge is 0.395 e. The van der Waals surface area contributed by atoms with Crippen LogP contribution in [0.4, 0.5) is 10.1 Å².